The summed E-state index contributed by atoms with van der Waals surface area (Å²) in [6.45, 7) is 3.60. The van der Waals surface area contributed by atoms with Crippen molar-refractivity contribution in [2.75, 3.05) is 20.1 Å². The Kier molecular flexibility index (Phi) is 5.30. The van der Waals surface area contributed by atoms with Gasteiger partial charge in [-0.3, -0.25) is 0 Å². The molecule has 0 amide bonds. The molecule has 0 aromatic carbocycles. The zero-order valence-corrected chi connectivity index (χ0v) is 12.0. The fourth-order valence-corrected chi connectivity index (χ4v) is 4.17. The zero-order chi connectivity index (χ0) is 13.1. The number of piperidine rings is 1. The van der Waals surface area contributed by atoms with Gasteiger partial charge in [0, 0.05) is 6.04 Å². The van der Waals surface area contributed by atoms with Gasteiger partial charge in [-0.1, -0.05) is 19.1 Å². The van der Waals surface area contributed by atoms with Crippen LogP contribution in [-0.4, -0.2) is 49.7 Å². The maximum atomic E-state index is 12.1. The Hall–Kier alpha value is -0.240. The van der Waals surface area contributed by atoms with E-state index in [9.17, 15) is 8.42 Å². The molecule has 0 spiro atoms. The largest absolute Gasteiger partial charge is 0.392 e. The first-order valence-electron chi connectivity index (χ1n) is 5.85. The first-order valence-corrected chi connectivity index (χ1v) is 7.81. The Morgan fingerprint density at radius 1 is 1.53 bits per heavy atom. The summed E-state index contributed by atoms with van der Waals surface area (Å²) < 4.78 is 26.8. The third-order valence-corrected chi connectivity index (χ3v) is 5.54. The van der Waals surface area contributed by atoms with Crippen LogP contribution in [0.3, 0.4) is 0 Å². The van der Waals surface area contributed by atoms with Crippen molar-refractivity contribution in [3.63, 3.8) is 0 Å². The van der Waals surface area contributed by atoms with E-state index in [1.165, 1.54) is 0 Å². The van der Waals surface area contributed by atoms with Crippen molar-refractivity contribution in [2.45, 2.75) is 37.5 Å². The number of likely N-dealkylation sites (tertiary alicyclic amines) is 1. The Labute approximate surface area is 109 Å². The molecule has 0 saturated carbocycles. The molecule has 1 fully saturated rings. The van der Waals surface area contributed by atoms with Gasteiger partial charge in [-0.2, -0.15) is 0 Å². The number of hydrogen-bond donors (Lipinski definition) is 2. The average molecular weight is 279 g/mol. The predicted octanol–water partition coefficient (Wildman–Crippen LogP) is 0.0647. The second-order valence-corrected chi connectivity index (χ2v) is 6.91. The Morgan fingerprint density at radius 3 is 2.47 bits per heavy atom. The van der Waals surface area contributed by atoms with Gasteiger partial charge in [-0.05, 0) is 39.4 Å². The highest BCUT2D eigenvalue weighted by Crippen LogP contribution is 2.12. The molecular formula is C10H21N3O2S2. The molecule has 100 valence electrons. The molecule has 0 aromatic heterocycles. The van der Waals surface area contributed by atoms with Crippen molar-refractivity contribution in [1.29, 1.82) is 0 Å². The summed E-state index contributed by atoms with van der Waals surface area (Å²) in [5, 5.41) is -0.753. The third-order valence-electron chi connectivity index (χ3n) is 3.11. The minimum Gasteiger partial charge on any atom is -0.392 e. The average Bonchev–Trinajstić information content (AvgIpc) is 2.21. The summed E-state index contributed by atoms with van der Waals surface area (Å²) in [5.41, 5.74) is 5.46. The van der Waals surface area contributed by atoms with Gasteiger partial charge in [-0.25, -0.2) is 13.1 Å². The molecular weight excluding hydrogens is 258 g/mol. The van der Waals surface area contributed by atoms with Crippen LogP contribution in [0.15, 0.2) is 0 Å². The van der Waals surface area contributed by atoms with E-state index in [2.05, 4.69) is 9.62 Å². The van der Waals surface area contributed by atoms with E-state index in [0.29, 0.717) is 6.42 Å². The van der Waals surface area contributed by atoms with Gasteiger partial charge in [0.25, 0.3) is 0 Å². The Balaban J connectivity index is 2.63. The molecule has 1 saturated heterocycles. The fraction of sp³-hybridized carbons (Fsp3) is 0.900. The highest BCUT2D eigenvalue weighted by Gasteiger charge is 2.29. The first kappa shape index (κ1) is 14.8. The molecule has 0 radical (unpaired) electrons. The minimum atomic E-state index is -3.42. The van der Waals surface area contributed by atoms with Gasteiger partial charge < -0.3 is 10.6 Å². The molecule has 17 heavy (non-hydrogen) atoms. The van der Waals surface area contributed by atoms with Crippen LogP contribution in [-0.2, 0) is 10.0 Å². The van der Waals surface area contributed by atoms with Crippen LogP contribution in [0.4, 0.5) is 0 Å². The molecule has 7 heteroatoms. The molecule has 1 atom stereocenters. The third kappa shape index (κ3) is 4.17. The quantitative estimate of drug-likeness (QED) is 0.696. The van der Waals surface area contributed by atoms with E-state index in [-0.39, 0.29) is 11.0 Å². The summed E-state index contributed by atoms with van der Waals surface area (Å²) >= 11 is 4.80. The van der Waals surface area contributed by atoms with Crippen molar-refractivity contribution in [3.05, 3.63) is 0 Å². The van der Waals surface area contributed by atoms with Crippen LogP contribution >= 0.6 is 12.2 Å². The smallest absolute Gasteiger partial charge is 0.221 e. The summed E-state index contributed by atoms with van der Waals surface area (Å²) in [6.07, 6.45) is 2.09. The highest BCUT2D eigenvalue weighted by molar-refractivity contribution is 7.93. The Morgan fingerprint density at radius 2 is 2.06 bits per heavy atom. The fourth-order valence-electron chi connectivity index (χ4n) is 2.01. The van der Waals surface area contributed by atoms with Gasteiger partial charge in [0.2, 0.25) is 10.0 Å². The van der Waals surface area contributed by atoms with Gasteiger partial charge in [0.05, 0.1) is 4.99 Å². The van der Waals surface area contributed by atoms with E-state index in [1.807, 2.05) is 7.05 Å². The monoisotopic (exact) mass is 279 g/mol. The molecule has 1 unspecified atom stereocenters. The van der Waals surface area contributed by atoms with Crippen LogP contribution in [0, 0.1) is 0 Å². The molecule has 0 aliphatic carbocycles. The highest BCUT2D eigenvalue weighted by atomic mass is 32.2. The van der Waals surface area contributed by atoms with Crippen LogP contribution in [0.25, 0.3) is 0 Å². The molecule has 1 aliphatic rings. The number of rotatable bonds is 5. The molecule has 0 aromatic rings. The second kappa shape index (κ2) is 6.08. The van der Waals surface area contributed by atoms with Crippen molar-refractivity contribution in [1.82, 2.24) is 9.62 Å². The molecule has 1 heterocycles. The van der Waals surface area contributed by atoms with Gasteiger partial charge in [0.1, 0.15) is 5.25 Å². The maximum absolute atomic E-state index is 12.1. The van der Waals surface area contributed by atoms with Gasteiger partial charge in [0.15, 0.2) is 0 Å². The Bertz CT molecular complexity index is 362. The number of nitrogens with zero attached hydrogens (tertiary/aromatic N) is 1. The first-order chi connectivity index (χ1) is 7.86. The predicted molar refractivity (Wildman–Crippen MR) is 73.4 cm³/mol. The van der Waals surface area contributed by atoms with E-state index in [1.54, 1.807) is 6.92 Å². The van der Waals surface area contributed by atoms with Gasteiger partial charge in [-0.15, -0.1) is 0 Å². The molecule has 0 bridgehead atoms. The summed E-state index contributed by atoms with van der Waals surface area (Å²) in [6, 6.07) is 0.0135. The second-order valence-electron chi connectivity index (χ2n) is 4.54. The van der Waals surface area contributed by atoms with Crippen molar-refractivity contribution < 1.29 is 8.42 Å². The lowest BCUT2D eigenvalue weighted by molar-refractivity contribution is 0.248. The van der Waals surface area contributed by atoms with E-state index >= 15 is 0 Å². The molecule has 1 aliphatic heterocycles. The van der Waals surface area contributed by atoms with Crippen LogP contribution in [0.1, 0.15) is 26.2 Å². The number of sulfonamides is 1. The summed E-state index contributed by atoms with van der Waals surface area (Å²) in [5.74, 6) is 0. The number of nitrogens with two attached hydrogens (primary N) is 1. The molecule has 1 rings (SSSR count). The number of thiocarbonyl (C=S) groups is 1. The zero-order valence-electron chi connectivity index (χ0n) is 10.3. The van der Waals surface area contributed by atoms with Crippen molar-refractivity contribution >= 4 is 27.2 Å². The molecule has 5 nitrogen and oxygen atoms in total. The normalized spacial score (nSPS) is 21.3. The number of nitrogens with one attached hydrogen (secondary N) is 1. The van der Waals surface area contributed by atoms with Crippen molar-refractivity contribution in [3.8, 4) is 0 Å². The summed E-state index contributed by atoms with van der Waals surface area (Å²) in [4.78, 5) is 2.24. The van der Waals surface area contributed by atoms with Crippen LogP contribution in [0.2, 0.25) is 0 Å². The maximum Gasteiger partial charge on any atom is 0.221 e. The molecule has 3 N–H and O–H groups in total. The van der Waals surface area contributed by atoms with E-state index in [0.717, 1.165) is 25.9 Å². The van der Waals surface area contributed by atoms with Gasteiger partial charge >= 0.3 is 0 Å². The van der Waals surface area contributed by atoms with E-state index < -0.39 is 15.3 Å². The van der Waals surface area contributed by atoms with E-state index in [4.69, 9.17) is 18.0 Å². The minimum absolute atomic E-state index is 0.0135. The van der Waals surface area contributed by atoms with Crippen LogP contribution in [0.5, 0.6) is 0 Å². The lowest BCUT2D eigenvalue weighted by Crippen LogP contribution is -2.49. The van der Waals surface area contributed by atoms with Crippen LogP contribution < -0.4 is 10.5 Å². The topological polar surface area (TPSA) is 75.4 Å². The lowest BCUT2D eigenvalue weighted by atomic mass is 10.1. The summed E-state index contributed by atoms with van der Waals surface area (Å²) in [7, 11) is -1.39. The standard InChI is InChI=1S/C10H21N3O2S2/c1-3-9(10(11)16)17(14,15)12-8-4-6-13(2)7-5-8/h8-9,12H,3-7H2,1-2H3,(H2,11,16). The number of hydrogen-bond acceptors (Lipinski definition) is 4. The SMILES string of the molecule is CCC(C(N)=S)S(=O)(=O)NC1CCN(C)CC1. The lowest BCUT2D eigenvalue weighted by Gasteiger charge is -2.30. The van der Waals surface area contributed by atoms with Crippen molar-refractivity contribution in [2.24, 2.45) is 5.73 Å².